The second kappa shape index (κ2) is 5.96. The molecule has 1 atom stereocenters. The van der Waals surface area contributed by atoms with Crippen LogP contribution in [0.25, 0.3) is 0 Å². The minimum Gasteiger partial charge on any atom is -0.368 e. The van der Waals surface area contributed by atoms with E-state index in [1.807, 2.05) is 0 Å². The van der Waals surface area contributed by atoms with E-state index in [4.69, 9.17) is 17.3 Å². The van der Waals surface area contributed by atoms with Crippen LogP contribution in [0.4, 0.5) is 11.8 Å². The zero-order chi connectivity index (χ0) is 15.8. The first-order valence-corrected chi connectivity index (χ1v) is 8.59. The first kappa shape index (κ1) is 14.7. The third-order valence-corrected chi connectivity index (χ3v) is 4.88. The maximum Gasteiger partial charge on any atom is 0.223 e. The van der Waals surface area contributed by atoms with E-state index in [0.29, 0.717) is 5.15 Å². The topological polar surface area (TPSA) is 85.8 Å². The predicted molar refractivity (Wildman–Crippen MR) is 88.4 cm³/mol. The maximum absolute atomic E-state index is 6.07. The smallest absolute Gasteiger partial charge is 0.223 e. The van der Waals surface area contributed by atoms with Gasteiger partial charge in [0, 0.05) is 25.6 Å². The van der Waals surface area contributed by atoms with Gasteiger partial charge in [0.2, 0.25) is 5.95 Å². The molecule has 0 saturated carbocycles. The average Bonchev–Trinajstić information content (AvgIpc) is 2.98. The molecule has 4 heterocycles. The highest BCUT2D eigenvalue weighted by Gasteiger charge is 2.31. The Morgan fingerprint density at radius 3 is 2.83 bits per heavy atom. The van der Waals surface area contributed by atoms with Crippen LogP contribution in [0.3, 0.4) is 0 Å². The molecular weight excluding hydrogens is 314 g/mol. The van der Waals surface area contributed by atoms with E-state index in [1.54, 1.807) is 6.07 Å². The minimum atomic E-state index is 0.175. The molecule has 0 spiro atoms. The fourth-order valence-electron chi connectivity index (χ4n) is 3.62. The third kappa shape index (κ3) is 2.73. The number of halogens is 1. The van der Waals surface area contributed by atoms with E-state index in [2.05, 4.69) is 29.6 Å². The van der Waals surface area contributed by atoms with Crippen LogP contribution < -0.4 is 10.6 Å². The largest absolute Gasteiger partial charge is 0.368 e. The van der Waals surface area contributed by atoms with Gasteiger partial charge in [-0.05, 0) is 32.1 Å². The van der Waals surface area contributed by atoms with Crippen LogP contribution in [-0.4, -0.2) is 31.3 Å². The molecule has 7 nitrogen and oxygen atoms in total. The van der Waals surface area contributed by atoms with Crippen molar-refractivity contribution in [1.82, 2.24) is 24.7 Å². The Bertz CT molecular complexity index is 694. The third-order valence-electron chi connectivity index (χ3n) is 4.68. The molecule has 8 heteroatoms. The Hall–Kier alpha value is -1.89. The van der Waals surface area contributed by atoms with E-state index in [0.717, 1.165) is 49.8 Å². The number of hydrogen-bond donors (Lipinski definition) is 1. The summed E-state index contributed by atoms with van der Waals surface area (Å²) >= 11 is 6.07. The number of piperidine rings is 1. The van der Waals surface area contributed by atoms with Crippen molar-refractivity contribution in [3.8, 4) is 0 Å². The number of hydrogen-bond acceptors (Lipinski definition) is 6. The summed E-state index contributed by atoms with van der Waals surface area (Å²) in [6.07, 6.45) is 6.75. The normalized spacial score (nSPS) is 21.3. The molecule has 2 aromatic rings. The van der Waals surface area contributed by atoms with Gasteiger partial charge in [-0.2, -0.15) is 4.98 Å². The van der Waals surface area contributed by atoms with E-state index >= 15 is 0 Å². The minimum absolute atomic E-state index is 0.175. The maximum atomic E-state index is 6.07. The van der Waals surface area contributed by atoms with Crippen molar-refractivity contribution in [2.45, 2.75) is 51.1 Å². The quantitative estimate of drug-likeness (QED) is 0.849. The number of rotatable bonds is 2. The van der Waals surface area contributed by atoms with Crippen molar-refractivity contribution in [2.75, 3.05) is 17.2 Å². The second-order valence-corrected chi connectivity index (χ2v) is 6.58. The number of fused-ring (bicyclic) bond motifs is 1. The van der Waals surface area contributed by atoms with Crippen LogP contribution in [0.5, 0.6) is 0 Å². The molecule has 2 aromatic heterocycles. The zero-order valence-electron chi connectivity index (χ0n) is 13.0. The van der Waals surface area contributed by atoms with Crippen molar-refractivity contribution < 1.29 is 0 Å². The number of nitrogens with two attached hydrogens (primary N) is 1. The van der Waals surface area contributed by atoms with Crippen molar-refractivity contribution in [3.05, 3.63) is 22.9 Å². The number of anilines is 2. The van der Waals surface area contributed by atoms with Crippen molar-refractivity contribution in [1.29, 1.82) is 0 Å². The van der Waals surface area contributed by atoms with Gasteiger partial charge in [0.15, 0.2) is 5.82 Å². The molecule has 0 aromatic carbocycles. The first-order chi connectivity index (χ1) is 11.2. The van der Waals surface area contributed by atoms with E-state index in [1.165, 1.54) is 19.3 Å². The Morgan fingerprint density at radius 2 is 1.96 bits per heavy atom. The summed E-state index contributed by atoms with van der Waals surface area (Å²) in [5.74, 6) is 3.14. The fraction of sp³-hybridized carbons (Fsp3) is 0.600. The van der Waals surface area contributed by atoms with Crippen LogP contribution in [0, 0.1) is 0 Å². The number of nitrogens with zero attached hydrogens (tertiary/aromatic N) is 6. The van der Waals surface area contributed by atoms with Crippen LogP contribution in [0.2, 0.25) is 5.15 Å². The molecule has 23 heavy (non-hydrogen) atoms. The highest BCUT2D eigenvalue weighted by Crippen LogP contribution is 2.35. The summed E-state index contributed by atoms with van der Waals surface area (Å²) in [4.78, 5) is 10.6. The van der Waals surface area contributed by atoms with Gasteiger partial charge < -0.3 is 15.2 Å². The number of aryl methyl sites for hydroxylation is 1. The van der Waals surface area contributed by atoms with Gasteiger partial charge in [0.25, 0.3) is 0 Å². The molecule has 0 radical (unpaired) electrons. The first-order valence-electron chi connectivity index (χ1n) is 8.21. The van der Waals surface area contributed by atoms with E-state index < -0.39 is 0 Å². The molecule has 4 rings (SSSR count). The lowest BCUT2D eigenvalue weighted by Crippen LogP contribution is -2.36. The monoisotopic (exact) mass is 333 g/mol. The Labute approximate surface area is 139 Å². The van der Waals surface area contributed by atoms with Gasteiger partial charge >= 0.3 is 0 Å². The molecule has 0 amide bonds. The molecule has 1 unspecified atom stereocenters. The molecule has 0 bridgehead atoms. The average molecular weight is 334 g/mol. The lowest BCUT2D eigenvalue weighted by Gasteiger charge is -2.36. The van der Waals surface area contributed by atoms with Crippen LogP contribution in [-0.2, 0) is 13.0 Å². The Balaban J connectivity index is 1.72. The lowest BCUT2D eigenvalue weighted by molar-refractivity contribution is 0.420. The Morgan fingerprint density at radius 1 is 1.09 bits per heavy atom. The highest BCUT2D eigenvalue weighted by molar-refractivity contribution is 6.29. The molecule has 2 aliphatic rings. The van der Waals surface area contributed by atoms with Crippen molar-refractivity contribution in [3.63, 3.8) is 0 Å². The summed E-state index contributed by atoms with van der Waals surface area (Å²) in [6, 6.07) is 1.96. The van der Waals surface area contributed by atoms with Gasteiger partial charge in [0.1, 0.15) is 16.8 Å². The van der Waals surface area contributed by atoms with E-state index in [-0.39, 0.29) is 12.0 Å². The van der Waals surface area contributed by atoms with Crippen molar-refractivity contribution >= 4 is 23.4 Å². The molecule has 1 fully saturated rings. The summed E-state index contributed by atoms with van der Waals surface area (Å²) in [7, 11) is 0. The fourth-order valence-corrected chi connectivity index (χ4v) is 3.81. The second-order valence-electron chi connectivity index (χ2n) is 6.20. The number of aromatic nitrogens is 5. The van der Waals surface area contributed by atoms with Crippen LogP contribution >= 0.6 is 11.6 Å². The molecule has 122 valence electrons. The molecule has 2 aliphatic heterocycles. The molecule has 2 N–H and O–H groups in total. The van der Waals surface area contributed by atoms with Gasteiger partial charge in [0.05, 0.1) is 6.04 Å². The van der Waals surface area contributed by atoms with Gasteiger partial charge in [-0.15, -0.1) is 10.2 Å². The SMILES string of the molecule is Nc1nc(Cl)cc(N2CCCCC2c2nnc3n2CCCC3)n1. The van der Waals surface area contributed by atoms with Gasteiger partial charge in [-0.25, -0.2) is 4.98 Å². The lowest BCUT2D eigenvalue weighted by atomic mass is 10.0. The van der Waals surface area contributed by atoms with Crippen LogP contribution in [0.1, 0.15) is 49.8 Å². The summed E-state index contributed by atoms with van der Waals surface area (Å²) in [6.45, 7) is 1.92. The Kier molecular flexibility index (Phi) is 3.80. The highest BCUT2D eigenvalue weighted by atomic mass is 35.5. The van der Waals surface area contributed by atoms with E-state index in [9.17, 15) is 0 Å². The standard InChI is InChI=1S/C15H20ClN7/c16-11-9-13(19-15(17)18-11)22-7-3-1-5-10(22)14-21-20-12-6-2-4-8-23(12)14/h9-10H,1-8H2,(H2,17,18,19). The van der Waals surface area contributed by atoms with Crippen molar-refractivity contribution in [2.24, 2.45) is 0 Å². The predicted octanol–water partition coefficient (Wildman–Crippen LogP) is 2.37. The summed E-state index contributed by atoms with van der Waals surface area (Å²) < 4.78 is 2.29. The molecular formula is C15H20ClN7. The number of nitrogen functional groups attached to an aromatic ring is 1. The molecule has 1 saturated heterocycles. The summed E-state index contributed by atoms with van der Waals surface area (Å²) in [5.41, 5.74) is 5.77. The summed E-state index contributed by atoms with van der Waals surface area (Å²) in [5, 5.41) is 9.28. The van der Waals surface area contributed by atoms with Gasteiger partial charge in [-0.1, -0.05) is 11.6 Å². The zero-order valence-corrected chi connectivity index (χ0v) is 13.7. The molecule has 0 aliphatic carbocycles. The van der Waals surface area contributed by atoms with Crippen LogP contribution in [0.15, 0.2) is 6.07 Å². The van der Waals surface area contributed by atoms with Gasteiger partial charge in [-0.3, -0.25) is 0 Å².